The molecule has 0 spiro atoms. The number of ether oxygens (including phenoxy) is 2. The van der Waals surface area contributed by atoms with Gasteiger partial charge in [-0.25, -0.2) is 0 Å². The second-order valence-electron chi connectivity index (χ2n) is 6.91. The van der Waals surface area contributed by atoms with Gasteiger partial charge in [-0.05, 0) is 43.2 Å². The molecule has 0 saturated carbocycles. The zero-order chi connectivity index (χ0) is 21.9. The van der Waals surface area contributed by atoms with Gasteiger partial charge in [-0.2, -0.15) is 0 Å². The number of nitrogens with one attached hydrogen (secondary N) is 1. The van der Waals surface area contributed by atoms with E-state index < -0.39 is 6.04 Å². The Hall–Kier alpha value is -2.73. The molecule has 0 heterocycles. The number of benzene rings is 2. The molecule has 7 heteroatoms. The van der Waals surface area contributed by atoms with Crippen LogP contribution >= 0.6 is 11.6 Å². The number of amides is 2. The van der Waals surface area contributed by atoms with Crippen molar-refractivity contribution in [2.24, 2.45) is 0 Å². The quantitative estimate of drug-likeness (QED) is 0.544. The molecule has 0 saturated heterocycles. The average Bonchev–Trinajstić information content (AvgIpc) is 2.76. The van der Waals surface area contributed by atoms with E-state index in [0.717, 1.165) is 18.4 Å². The number of para-hydroxylation sites is 2. The van der Waals surface area contributed by atoms with E-state index in [-0.39, 0.29) is 25.0 Å². The largest absolute Gasteiger partial charge is 0.493 e. The Bertz CT molecular complexity index is 826. The van der Waals surface area contributed by atoms with E-state index >= 15 is 0 Å². The maximum Gasteiger partial charge on any atom is 0.261 e. The van der Waals surface area contributed by atoms with Gasteiger partial charge < -0.3 is 19.7 Å². The molecule has 162 valence electrons. The standard InChI is InChI=1S/C23H29ClN2O4/c1-4-5-14-25-23(28)17(2)26(15-18-10-12-19(24)13-11-18)22(27)16-30-21-9-7-6-8-20(21)29-3/h6-13,17H,4-5,14-16H2,1-3H3,(H,25,28). The first-order valence-electron chi connectivity index (χ1n) is 10.0. The fraction of sp³-hybridized carbons (Fsp3) is 0.391. The van der Waals surface area contributed by atoms with Crippen LogP contribution in [0.15, 0.2) is 48.5 Å². The third-order valence-corrected chi connectivity index (χ3v) is 4.94. The van der Waals surface area contributed by atoms with Crippen LogP contribution in [0.3, 0.4) is 0 Å². The number of carbonyl (C=O) groups excluding carboxylic acids is 2. The van der Waals surface area contributed by atoms with Gasteiger partial charge >= 0.3 is 0 Å². The van der Waals surface area contributed by atoms with Crippen LogP contribution in [0.25, 0.3) is 0 Å². The van der Waals surface area contributed by atoms with Crippen molar-refractivity contribution in [2.45, 2.75) is 39.3 Å². The number of hydrogen-bond acceptors (Lipinski definition) is 4. The molecule has 0 bridgehead atoms. The molecule has 0 fully saturated rings. The van der Waals surface area contributed by atoms with Crippen molar-refractivity contribution in [3.8, 4) is 11.5 Å². The summed E-state index contributed by atoms with van der Waals surface area (Å²) >= 11 is 5.96. The zero-order valence-corrected chi connectivity index (χ0v) is 18.4. The van der Waals surface area contributed by atoms with Gasteiger partial charge in [0.1, 0.15) is 6.04 Å². The Morgan fingerprint density at radius 3 is 2.40 bits per heavy atom. The maximum absolute atomic E-state index is 13.0. The lowest BCUT2D eigenvalue weighted by atomic mass is 10.1. The number of unbranched alkanes of at least 4 members (excludes halogenated alkanes) is 1. The highest BCUT2D eigenvalue weighted by Crippen LogP contribution is 2.26. The Kier molecular flexibility index (Phi) is 9.48. The van der Waals surface area contributed by atoms with E-state index in [1.165, 1.54) is 4.90 Å². The fourth-order valence-electron chi connectivity index (χ4n) is 2.87. The highest BCUT2D eigenvalue weighted by molar-refractivity contribution is 6.30. The monoisotopic (exact) mass is 432 g/mol. The average molecular weight is 433 g/mol. The molecule has 0 aliphatic heterocycles. The predicted molar refractivity (Wildman–Crippen MR) is 118 cm³/mol. The summed E-state index contributed by atoms with van der Waals surface area (Å²) in [6.45, 7) is 4.42. The highest BCUT2D eigenvalue weighted by Gasteiger charge is 2.26. The van der Waals surface area contributed by atoms with Crippen LogP contribution < -0.4 is 14.8 Å². The van der Waals surface area contributed by atoms with Crippen molar-refractivity contribution in [1.29, 1.82) is 0 Å². The summed E-state index contributed by atoms with van der Waals surface area (Å²) in [5, 5.41) is 3.50. The van der Waals surface area contributed by atoms with Gasteiger partial charge in [0.2, 0.25) is 5.91 Å². The topological polar surface area (TPSA) is 67.9 Å². The summed E-state index contributed by atoms with van der Waals surface area (Å²) < 4.78 is 10.9. The molecule has 2 rings (SSSR count). The van der Waals surface area contributed by atoms with E-state index in [2.05, 4.69) is 12.2 Å². The van der Waals surface area contributed by atoms with Crippen LogP contribution in [-0.2, 0) is 16.1 Å². The molecular formula is C23H29ClN2O4. The first kappa shape index (κ1) is 23.5. The Morgan fingerprint density at radius 1 is 1.10 bits per heavy atom. The van der Waals surface area contributed by atoms with Gasteiger partial charge in [-0.3, -0.25) is 9.59 Å². The molecule has 1 N–H and O–H groups in total. The van der Waals surface area contributed by atoms with Gasteiger partial charge in [0.15, 0.2) is 18.1 Å². The van der Waals surface area contributed by atoms with Crippen LogP contribution in [0, 0.1) is 0 Å². The molecular weight excluding hydrogens is 404 g/mol. The molecule has 1 atom stereocenters. The second kappa shape index (κ2) is 12.1. The normalized spacial score (nSPS) is 11.5. The molecule has 1 unspecified atom stereocenters. The number of halogens is 1. The van der Waals surface area contributed by atoms with Crippen LogP contribution in [0.5, 0.6) is 11.5 Å². The van der Waals surface area contributed by atoms with Crippen molar-refractivity contribution < 1.29 is 19.1 Å². The third kappa shape index (κ3) is 6.95. The summed E-state index contributed by atoms with van der Waals surface area (Å²) in [5.74, 6) is 0.525. The summed E-state index contributed by atoms with van der Waals surface area (Å²) in [6.07, 6.45) is 1.87. The number of hydrogen-bond donors (Lipinski definition) is 1. The second-order valence-corrected chi connectivity index (χ2v) is 7.34. The molecule has 2 aromatic carbocycles. The predicted octanol–water partition coefficient (Wildman–Crippen LogP) is 4.06. The van der Waals surface area contributed by atoms with Crippen molar-refractivity contribution in [3.63, 3.8) is 0 Å². The summed E-state index contributed by atoms with van der Waals surface area (Å²) in [4.78, 5) is 27.1. The van der Waals surface area contributed by atoms with Crippen molar-refractivity contribution in [3.05, 3.63) is 59.1 Å². The van der Waals surface area contributed by atoms with Crippen molar-refractivity contribution in [1.82, 2.24) is 10.2 Å². The SMILES string of the molecule is CCCCNC(=O)C(C)N(Cc1ccc(Cl)cc1)C(=O)COc1ccccc1OC. The molecule has 2 aromatic rings. The van der Waals surface area contributed by atoms with E-state index in [4.69, 9.17) is 21.1 Å². The van der Waals surface area contributed by atoms with Crippen LogP contribution in [0.4, 0.5) is 0 Å². The summed E-state index contributed by atoms with van der Waals surface area (Å²) in [7, 11) is 1.54. The minimum Gasteiger partial charge on any atom is -0.493 e. The summed E-state index contributed by atoms with van der Waals surface area (Å²) in [6, 6.07) is 13.7. The van der Waals surface area contributed by atoms with Gasteiger partial charge in [0.25, 0.3) is 5.91 Å². The van der Waals surface area contributed by atoms with Gasteiger partial charge in [0.05, 0.1) is 7.11 Å². The van der Waals surface area contributed by atoms with Crippen molar-refractivity contribution >= 4 is 23.4 Å². The molecule has 0 aliphatic carbocycles. The molecule has 6 nitrogen and oxygen atoms in total. The van der Waals surface area contributed by atoms with Crippen LogP contribution in [-0.4, -0.2) is 43.0 Å². The zero-order valence-electron chi connectivity index (χ0n) is 17.7. The first-order chi connectivity index (χ1) is 14.5. The maximum atomic E-state index is 13.0. The highest BCUT2D eigenvalue weighted by atomic mass is 35.5. The fourth-order valence-corrected chi connectivity index (χ4v) is 2.99. The van der Waals surface area contributed by atoms with Crippen molar-refractivity contribution in [2.75, 3.05) is 20.3 Å². The van der Waals surface area contributed by atoms with E-state index in [9.17, 15) is 9.59 Å². The van der Waals surface area contributed by atoms with Crippen LogP contribution in [0.1, 0.15) is 32.3 Å². The third-order valence-electron chi connectivity index (χ3n) is 4.68. The molecule has 0 radical (unpaired) electrons. The Morgan fingerprint density at radius 2 is 1.77 bits per heavy atom. The molecule has 30 heavy (non-hydrogen) atoms. The van der Waals surface area contributed by atoms with E-state index in [0.29, 0.717) is 23.1 Å². The molecule has 0 aliphatic rings. The van der Waals surface area contributed by atoms with E-state index in [1.807, 2.05) is 18.2 Å². The lowest BCUT2D eigenvalue weighted by Crippen LogP contribution is -2.49. The molecule has 0 aromatic heterocycles. The van der Waals surface area contributed by atoms with Gasteiger partial charge in [0, 0.05) is 18.1 Å². The van der Waals surface area contributed by atoms with Gasteiger partial charge in [-0.15, -0.1) is 0 Å². The summed E-state index contributed by atoms with van der Waals surface area (Å²) in [5.41, 5.74) is 0.873. The number of carbonyl (C=O) groups is 2. The lowest BCUT2D eigenvalue weighted by Gasteiger charge is -2.29. The van der Waals surface area contributed by atoms with E-state index in [1.54, 1.807) is 44.4 Å². The number of nitrogens with zero attached hydrogens (tertiary/aromatic N) is 1. The first-order valence-corrected chi connectivity index (χ1v) is 10.4. The number of rotatable bonds is 11. The Labute approximate surface area is 183 Å². The number of methoxy groups -OCH3 is 1. The molecule has 2 amide bonds. The Balaban J connectivity index is 2.13. The lowest BCUT2D eigenvalue weighted by molar-refractivity contribution is -0.142. The smallest absolute Gasteiger partial charge is 0.261 e. The van der Waals surface area contributed by atoms with Gasteiger partial charge in [-0.1, -0.05) is 49.2 Å². The minimum absolute atomic E-state index is 0.192. The minimum atomic E-state index is -0.647. The van der Waals surface area contributed by atoms with Crippen LogP contribution in [0.2, 0.25) is 5.02 Å².